The normalized spacial score (nSPS) is 13.3. The van der Waals surface area contributed by atoms with Crippen LogP contribution >= 0.6 is 0 Å². The number of hydrogen-bond acceptors (Lipinski definition) is 3. The quantitative estimate of drug-likeness (QED) is 0.823. The Balaban J connectivity index is 1.98. The van der Waals surface area contributed by atoms with Crippen molar-refractivity contribution in [1.82, 2.24) is 20.4 Å². The molecule has 1 aromatic heterocycles. The molecule has 2 amide bonds. The Morgan fingerprint density at radius 3 is 2.65 bits per heavy atom. The minimum Gasteiger partial charge on any atom is -0.382 e. The van der Waals surface area contributed by atoms with Crippen molar-refractivity contribution in [2.24, 2.45) is 0 Å². The van der Waals surface area contributed by atoms with E-state index in [-0.39, 0.29) is 6.03 Å². The second kappa shape index (κ2) is 7.78. The fourth-order valence-electron chi connectivity index (χ4n) is 2.43. The number of amides is 2. The molecule has 0 bridgehead atoms. The van der Waals surface area contributed by atoms with Crippen LogP contribution in [0.15, 0.2) is 42.6 Å². The van der Waals surface area contributed by atoms with Crippen LogP contribution in [-0.2, 0) is 23.4 Å². The Morgan fingerprint density at radius 1 is 1.30 bits per heavy atom. The molecule has 6 nitrogen and oxygen atoms in total. The zero-order chi connectivity index (χ0) is 16.7. The van der Waals surface area contributed by atoms with E-state index in [1.807, 2.05) is 61.1 Å². The number of carbonyl (C=O) groups excluding carboxylic acids is 1. The summed E-state index contributed by atoms with van der Waals surface area (Å²) < 4.78 is 7.11. The molecule has 0 aliphatic carbocycles. The number of rotatable bonds is 7. The third-order valence-electron chi connectivity index (χ3n) is 3.68. The second-order valence-corrected chi connectivity index (χ2v) is 5.60. The average molecular weight is 316 g/mol. The Morgan fingerprint density at radius 2 is 2.04 bits per heavy atom. The number of methoxy groups -OCH3 is 1. The van der Waals surface area contributed by atoms with Gasteiger partial charge in [0.15, 0.2) is 0 Å². The zero-order valence-electron chi connectivity index (χ0n) is 13.9. The van der Waals surface area contributed by atoms with Crippen molar-refractivity contribution >= 4 is 6.03 Å². The van der Waals surface area contributed by atoms with Gasteiger partial charge in [0.1, 0.15) is 0 Å². The third-order valence-corrected chi connectivity index (χ3v) is 3.68. The lowest BCUT2D eigenvalue weighted by molar-refractivity contribution is 0.121. The van der Waals surface area contributed by atoms with E-state index < -0.39 is 5.54 Å². The van der Waals surface area contributed by atoms with Gasteiger partial charge in [-0.3, -0.25) is 4.68 Å². The van der Waals surface area contributed by atoms with Gasteiger partial charge in [-0.2, -0.15) is 5.10 Å². The lowest BCUT2D eigenvalue weighted by Gasteiger charge is -2.30. The topological polar surface area (TPSA) is 68.2 Å². The molecule has 6 heteroatoms. The van der Waals surface area contributed by atoms with Crippen LogP contribution in [0.25, 0.3) is 0 Å². The van der Waals surface area contributed by atoms with E-state index in [2.05, 4.69) is 15.7 Å². The number of urea groups is 1. The maximum atomic E-state index is 12.2. The maximum Gasteiger partial charge on any atom is 0.315 e. The summed E-state index contributed by atoms with van der Waals surface area (Å²) in [7, 11) is 1.62. The first kappa shape index (κ1) is 17.0. The van der Waals surface area contributed by atoms with Gasteiger partial charge in [-0.1, -0.05) is 30.3 Å². The zero-order valence-corrected chi connectivity index (χ0v) is 13.9. The number of hydrogen-bond donors (Lipinski definition) is 2. The third kappa shape index (κ3) is 4.56. The molecule has 2 N–H and O–H groups in total. The van der Waals surface area contributed by atoms with Gasteiger partial charge in [0, 0.05) is 19.9 Å². The molecule has 124 valence electrons. The van der Waals surface area contributed by atoms with Gasteiger partial charge in [0.25, 0.3) is 0 Å². The summed E-state index contributed by atoms with van der Waals surface area (Å²) in [5.41, 5.74) is 1.23. The van der Waals surface area contributed by atoms with Gasteiger partial charge >= 0.3 is 6.03 Å². The van der Waals surface area contributed by atoms with Crippen molar-refractivity contribution in [3.8, 4) is 0 Å². The van der Waals surface area contributed by atoms with Crippen molar-refractivity contribution in [2.45, 2.75) is 32.5 Å². The van der Waals surface area contributed by atoms with Crippen LogP contribution in [-0.4, -0.2) is 29.5 Å². The van der Waals surface area contributed by atoms with Crippen molar-refractivity contribution in [2.75, 3.05) is 13.7 Å². The highest BCUT2D eigenvalue weighted by Gasteiger charge is 2.28. The van der Waals surface area contributed by atoms with Crippen LogP contribution in [0, 0.1) is 0 Å². The highest BCUT2D eigenvalue weighted by molar-refractivity contribution is 5.75. The van der Waals surface area contributed by atoms with Crippen LogP contribution in [0.3, 0.4) is 0 Å². The van der Waals surface area contributed by atoms with Gasteiger partial charge < -0.3 is 15.4 Å². The molecule has 0 fully saturated rings. The van der Waals surface area contributed by atoms with Crippen molar-refractivity contribution in [3.63, 3.8) is 0 Å². The predicted octanol–water partition coefficient (Wildman–Crippen LogP) is 2.26. The minimum atomic E-state index is -0.594. The highest BCUT2D eigenvalue weighted by atomic mass is 16.5. The van der Waals surface area contributed by atoms with Crippen LogP contribution in [0.5, 0.6) is 0 Å². The minimum absolute atomic E-state index is 0.251. The van der Waals surface area contributed by atoms with E-state index in [1.54, 1.807) is 7.11 Å². The highest BCUT2D eigenvalue weighted by Crippen LogP contribution is 2.20. The molecular formula is C17H24N4O2. The first-order valence-corrected chi connectivity index (χ1v) is 7.70. The molecule has 1 atom stereocenters. The molecule has 1 aromatic carbocycles. The second-order valence-electron chi connectivity index (χ2n) is 5.60. The van der Waals surface area contributed by atoms with E-state index in [0.29, 0.717) is 13.2 Å². The average Bonchev–Trinajstić information content (AvgIpc) is 3.02. The molecule has 23 heavy (non-hydrogen) atoms. The molecule has 2 aromatic rings. The number of ether oxygens (including phenoxy) is 1. The largest absolute Gasteiger partial charge is 0.382 e. The lowest BCUT2D eigenvalue weighted by Crippen LogP contribution is -2.50. The van der Waals surface area contributed by atoms with Crippen molar-refractivity contribution in [3.05, 3.63) is 53.9 Å². The maximum absolute atomic E-state index is 12.2. The molecular weight excluding hydrogens is 292 g/mol. The molecule has 0 saturated heterocycles. The molecule has 0 aliphatic rings. The fourth-order valence-corrected chi connectivity index (χ4v) is 2.43. The van der Waals surface area contributed by atoms with Gasteiger partial charge in [-0.05, 0) is 25.5 Å². The Kier molecular flexibility index (Phi) is 5.76. The number of nitrogens with zero attached hydrogens (tertiary/aromatic N) is 2. The Bertz CT molecular complexity index is 627. The van der Waals surface area contributed by atoms with Crippen molar-refractivity contribution < 1.29 is 9.53 Å². The standard InChI is InChI=1S/C17H24N4O2/c1-4-21-11-10-15(20-21)12-18-16(22)19-17(2,13-23-3)14-8-6-5-7-9-14/h5-11H,4,12-13H2,1-3H3,(H2,18,19,22). The van der Waals surface area contributed by atoms with E-state index in [9.17, 15) is 4.79 Å². The summed E-state index contributed by atoms with van der Waals surface area (Å²) in [5.74, 6) is 0. The molecule has 1 unspecified atom stereocenters. The van der Waals surface area contributed by atoms with E-state index >= 15 is 0 Å². The van der Waals surface area contributed by atoms with Gasteiger partial charge in [-0.15, -0.1) is 0 Å². The summed E-state index contributed by atoms with van der Waals surface area (Å²) in [5, 5.41) is 10.2. The monoisotopic (exact) mass is 316 g/mol. The summed E-state index contributed by atoms with van der Waals surface area (Å²) in [6.07, 6.45) is 1.90. The molecule has 0 aliphatic heterocycles. The van der Waals surface area contributed by atoms with Crippen molar-refractivity contribution in [1.29, 1.82) is 0 Å². The van der Waals surface area contributed by atoms with Gasteiger partial charge in [0.2, 0.25) is 0 Å². The number of carbonyl (C=O) groups is 1. The first-order valence-electron chi connectivity index (χ1n) is 7.70. The summed E-state index contributed by atoms with van der Waals surface area (Å²) in [4.78, 5) is 12.2. The van der Waals surface area contributed by atoms with Crippen LogP contribution in [0.2, 0.25) is 0 Å². The smallest absolute Gasteiger partial charge is 0.315 e. The lowest BCUT2D eigenvalue weighted by atomic mass is 9.93. The molecule has 0 spiro atoms. The van der Waals surface area contributed by atoms with E-state index in [4.69, 9.17) is 4.74 Å². The predicted molar refractivity (Wildman–Crippen MR) is 88.9 cm³/mol. The summed E-state index contributed by atoms with van der Waals surface area (Å²) in [6, 6.07) is 11.4. The van der Waals surface area contributed by atoms with Crippen LogP contribution in [0.4, 0.5) is 4.79 Å². The number of nitrogens with one attached hydrogen (secondary N) is 2. The summed E-state index contributed by atoms with van der Waals surface area (Å²) in [6.45, 7) is 5.54. The van der Waals surface area contributed by atoms with Crippen LogP contribution < -0.4 is 10.6 Å². The SMILES string of the molecule is CCn1ccc(CNC(=O)NC(C)(COC)c2ccccc2)n1. The fraction of sp³-hybridized carbons (Fsp3) is 0.412. The molecule has 0 saturated carbocycles. The number of aryl methyl sites for hydroxylation is 1. The van der Waals surface area contributed by atoms with E-state index in [1.165, 1.54) is 0 Å². The first-order chi connectivity index (χ1) is 11.1. The number of benzene rings is 1. The Labute approximate surface area is 136 Å². The van der Waals surface area contributed by atoms with Gasteiger partial charge in [0.05, 0.1) is 24.4 Å². The van der Waals surface area contributed by atoms with Gasteiger partial charge in [-0.25, -0.2) is 4.79 Å². The molecule has 2 rings (SSSR count). The molecule has 0 radical (unpaired) electrons. The Hall–Kier alpha value is -2.34. The number of aromatic nitrogens is 2. The summed E-state index contributed by atoms with van der Waals surface area (Å²) >= 11 is 0. The molecule has 1 heterocycles. The van der Waals surface area contributed by atoms with E-state index in [0.717, 1.165) is 17.8 Å². The van der Waals surface area contributed by atoms with Crippen LogP contribution in [0.1, 0.15) is 25.1 Å².